The fourth-order valence-corrected chi connectivity index (χ4v) is 7.81. The summed E-state index contributed by atoms with van der Waals surface area (Å²) in [5.74, 6) is -20.8. The molecular weight excluding hydrogens is 760 g/mol. The molecule has 16 heteroatoms. The number of hydrogen-bond donors (Lipinski definition) is 1. The molecule has 0 bridgehead atoms. The molecule has 0 aromatic heterocycles. The van der Waals surface area contributed by atoms with Crippen molar-refractivity contribution >= 4 is 27.6 Å². The Balaban J connectivity index is 1.52. The third kappa shape index (κ3) is 8.11. The lowest BCUT2D eigenvalue weighted by atomic mass is 9.84. The highest BCUT2D eigenvalue weighted by Gasteiger charge is 2.40. The normalized spacial score (nSPS) is 14.8. The molecule has 6 rings (SSSR count). The van der Waals surface area contributed by atoms with E-state index in [0.717, 1.165) is 28.9 Å². The SMILES string of the molecule is CC(C)(C)c1cc(CN(C(=O)CN(Cc2c(F)cc(F)cc2F)S(=O)(=O)c2c(F)c(F)c(F)c(F)c2F)c2ccc(C(=O)O)cc2C2CC2)cc(C2CC2)c1. The second kappa shape index (κ2) is 14.7. The van der Waals surface area contributed by atoms with Crippen LogP contribution in [0, 0.1) is 46.5 Å². The molecule has 0 saturated heterocycles. The molecule has 0 heterocycles. The summed E-state index contributed by atoms with van der Waals surface area (Å²) >= 11 is 0. The summed E-state index contributed by atoms with van der Waals surface area (Å²) in [7, 11) is -6.03. The van der Waals surface area contributed by atoms with Crippen LogP contribution in [0.25, 0.3) is 0 Å². The number of carbonyl (C=O) groups is 2. The number of carbonyl (C=O) groups excluding carboxylic acids is 1. The summed E-state index contributed by atoms with van der Waals surface area (Å²) in [4.78, 5) is 25.2. The van der Waals surface area contributed by atoms with Crippen molar-refractivity contribution in [2.45, 2.75) is 81.7 Å². The van der Waals surface area contributed by atoms with Gasteiger partial charge in [0.1, 0.15) is 17.5 Å². The van der Waals surface area contributed by atoms with Crippen molar-refractivity contribution in [1.82, 2.24) is 4.31 Å². The number of aromatic carboxylic acids is 1. The third-order valence-electron chi connectivity index (χ3n) is 9.67. The van der Waals surface area contributed by atoms with E-state index in [9.17, 15) is 49.5 Å². The lowest BCUT2D eigenvalue weighted by Crippen LogP contribution is -2.43. The van der Waals surface area contributed by atoms with Gasteiger partial charge in [-0.05, 0) is 83.4 Å². The van der Waals surface area contributed by atoms with E-state index in [1.807, 2.05) is 39.0 Å². The number of carboxylic acid groups (broad SMARTS) is 1. The van der Waals surface area contributed by atoms with Crippen molar-refractivity contribution in [3.05, 3.63) is 128 Å². The number of halogens is 8. The van der Waals surface area contributed by atoms with Gasteiger partial charge in [0.25, 0.3) is 0 Å². The Morgan fingerprint density at radius 3 is 1.84 bits per heavy atom. The lowest BCUT2D eigenvalue weighted by Gasteiger charge is -2.30. The van der Waals surface area contributed by atoms with Crippen LogP contribution in [0.15, 0.2) is 53.4 Å². The maximum atomic E-state index is 15.1. The Labute approximate surface area is 311 Å². The molecule has 1 N–H and O–H groups in total. The number of hydrogen-bond acceptors (Lipinski definition) is 4. The number of benzene rings is 4. The second-order valence-electron chi connectivity index (χ2n) is 14.8. The number of rotatable bonds is 12. The average Bonchev–Trinajstić information content (AvgIpc) is 4.03. The Bertz CT molecular complexity index is 2290. The topological polar surface area (TPSA) is 95.0 Å². The van der Waals surface area contributed by atoms with Gasteiger partial charge in [-0.25, -0.2) is 48.3 Å². The molecule has 292 valence electrons. The summed E-state index contributed by atoms with van der Waals surface area (Å²) < 4.78 is 144. The summed E-state index contributed by atoms with van der Waals surface area (Å²) in [5.41, 5.74) is 1.23. The van der Waals surface area contributed by atoms with Crippen LogP contribution in [0.1, 0.15) is 96.5 Å². The highest BCUT2D eigenvalue weighted by molar-refractivity contribution is 7.89. The molecule has 2 aliphatic carbocycles. The van der Waals surface area contributed by atoms with Gasteiger partial charge in [0.15, 0.2) is 28.2 Å². The monoisotopic (exact) mass is 794 g/mol. The van der Waals surface area contributed by atoms with E-state index < -0.39 is 92.0 Å². The molecule has 7 nitrogen and oxygen atoms in total. The van der Waals surface area contributed by atoms with Crippen LogP contribution in [0.5, 0.6) is 0 Å². The van der Waals surface area contributed by atoms with Crippen molar-refractivity contribution in [3.8, 4) is 0 Å². The van der Waals surface area contributed by atoms with Gasteiger partial charge in [0.2, 0.25) is 21.7 Å². The Kier molecular flexibility index (Phi) is 10.6. The van der Waals surface area contributed by atoms with E-state index in [2.05, 4.69) is 0 Å². The summed E-state index contributed by atoms with van der Waals surface area (Å²) in [6, 6.07) is 9.93. The number of amides is 1. The quantitative estimate of drug-likeness (QED) is 0.0879. The molecule has 0 aliphatic heterocycles. The van der Waals surface area contributed by atoms with Crippen LogP contribution < -0.4 is 4.90 Å². The second-order valence-corrected chi connectivity index (χ2v) is 16.7. The predicted molar refractivity (Wildman–Crippen MR) is 184 cm³/mol. The zero-order valence-corrected chi connectivity index (χ0v) is 30.4. The van der Waals surface area contributed by atoms with Crippen LogP contribution in [0.4, 0.5) is 40.8 Å². The molecule has 2 aliphatic rings. The largest absolute Gasteiger partial charge is 0.478 e. The molecule has 1 amide bonds. The third-order valence-corrected chi connectivity index (χ3v) is 11.5. The molecule has 0 radical (unpaired) electrons. The molecular formula is C39H34F8N2O5S. The molecule has 55 heavy (non-hydrogen) atoms. The van der Waals surface area contributed by atoms with E-state index in [4.69, 9.17) is 0 Å². The van der Waals surface area contributed by atoms with E-state index >= 15 is 8.78 Å². The van der Waals surface area contributed by atoms with Gasteiger partial charge in [-0.15, -0.1) is 0 Å². The zero-order valence-electron chi connectivity index (χ0n) is 29.6. The van der Waals surface area contributed by atoms with Crippen LogP contribution in [0.2, 0.25) is 0 Å². The first-order chi connectivity index (χ1) is 25.7. The van der Waals surface area contributed by atoms with Crippen molar-refractivity contribution in [2.24, 2.45) is 0 Å². The maximum absolute atomic E-state index is 15.1. The van der Waals surface area contributed by atoms with Crippen molar-refractivity contribution in [1.29, 1.82) is 0 Å². The van der Waals surface area contributed by atoms with Gasteiger partial charge in [0, 0.05) is 29.9 Å². The van der Waals surface area contributed by atoms with Gasteiger partial charge in [-0.2, -0.15) is 4.31 Å². The smallest absolute Gasteiger partial charge is 0.335 e. The van der Waals surface area contributed by atoms with Crippen LogP contribution in [-0.4, -0.2) is 36.3 Å². The fraction of sp³-hybridized carbons (Fsp3) is 0.333. The number of anilines is 1. The number of nitrogens with zero attached hydrogens (tertiary/aromatic N) is 2. The first-order valence-electron chi connectivity index (χ1n) is 17.2. The Hall–Kier alpha value is -4.83. The van der Waals surface area contributed by atoms with Gasteiger partial charge in [0.05, 0.1) is 18.7 Å². The van der Waals surface area contributed by atoms with E-state index in [1.54, 1.807) is 0 Å². The molecule has 4 aromatic rings. The summed E-state index contributed by atoms with van der Waals surface area (Å²) in [5, 5.41) is 9.72. The summed E-state index contributed by atoms with van der Waals surface area (Å²) in [6.07, 6.45) is 3.04. The summed E-state index contributed by atoms with van der Waals surface area (Å²) in [6.45, 7) is 2.58. The zero-order chi connectivity index (χ0) is 40.3. The van der Waals surface area contributed by atoms with Crippen LogP contribution in [0.3, 0.4) is 0 Å². The molecule has 0 spiro atoms. The van der Waals surface area contributed by atoms with Gasteiger partial charge >= 0.3 is 5.97 Å². The Morgan fingerprint density at radius 1 is 0.745 bits per heavy atom. The highest BCUT2D eigenvalue weighted by Crippen LogP contribution is 2.46. The minimum absolute atomic E-state index is 0.124. The van der Waals surface area contributed by atoms with Crippen LogP contribution >= 0.6 is 0 Å². The minimum Gasteiger partial charge on any atom is -0.478 e. The van der Waals surface area contributed by atoms with E-state index in [0.29, 0.717) is 24.0 Å². The highest BCUT2D eigenvalue weighted by atomic mass is 32.2. The van der Waals surface area contributed by atoms with Crippen molar-refractivity contribution in [3.63, 3.8) is 0 Å². The van der Waals surface area contributed by atoms with Crippen molar-refractivity contribution < 1.29 is 58.2 Å². The molecule has 2 saturated carbocycles. The number of sulfonamides is 1. The Morgan fingerprint density at radius 2 is 1.31 bits per heavy atom. The first kappa shape index (κ1) is 39.9. The standard InChI is InChI=1S/C39H34F8N2O5S/c1-39(2,3)24-11-19(10-23(12-24)20-4-5-20)16-49(30-9-8-22(38(51)52)13-26(30)21-6-7-21)31(50)18-48(17-27-28(41)14-25(40)15-29(27)42)55(53,54)37-35(46)33(44)32(43)34(45)36(37)47/h8-15,20-21H,4-7,16-18H2,1-3H3,(H,51,52). The van der Waals surface area contributed by atoms with E-state index in [-0.39, 0.29) is 51.5 Å². The predicted octanol–water partition coefficient (Wildman–Crippen LogP) is 8.97. The maximum Gasteiger partial charge on any atom is 0.335 e. The average molecular weight is 795 g/mol. The molecule has 4 aromatic carbocycles. The fourth-order valence-electron chi connectivity index (χ4n) is 6.34. The minimum atomic E-state index is -6.03. The van der Waals surface area contributed by atoms with Gasteiger partial charge < -0.3 is 10.0 Å². The first-order valence-corrected chi connectivity index (χ1v) is 18.6. The van der Waals surface area contributed by atoms with Crippen LogP contribution in [-0.2, 0) is 33.3 Å². The van der Waals surface area contributed by atoms with Gasteiger partial charge in [-0.1, -0.05) is 39.0 Å². The van der Waals surface area contributed by atoms with Gasteiger partial charge in [-0.3, -0.25) is 4.79 Å². The molecule has 0 atom stereocenters. The molecule has 2 fully saturated rings. The lowest BCUT2D eigenvalue weighted by molar-refractivity contribution is -0.119. The van der Waals surface area contributed by atoms with E-state index in [1.165, 1.54) is 18.2 Å². The molecule has 0 unspecified atom stereocenters. The number of carboxylic acids is 1. The van der Waals surface area contributed by atoms with Crippen molar-refractivity contribution in [2.75, 3.05) is 11.4 Å².